The van der Waals surface area contributed by atoms with Crippen LogP contribution in [0.25, 0.3) is 0 Å². The zero-order valence-corrected chi connectivity index (χ0v) is 12.4. The normalized spacial score (nSPS) is 10.5. The van der Waals surface area contributed by atoms with E-state index in [0.717, 1.165) is 0 Å². The Bertz CT molecular complexity index is 636. The molecule has 0 spiro atoms. The Morgan fingerprint density at radius 2 is 1.76 bits per heavy atom. The van der Waals surface area contributed by atoms with Crippen molar-refractivity contribution in [1.82, 2.24) is 0 Å². The molecule has 0 saturated heterocycles. The van der Waals surface area contributed by atoms with Crippen molar-refractivity contribution < 1.29 is 9.18 Å². The van der Waals surface area contributed by atoms with Crippen LogP contribution in [0.5, 0.6) is 0 Å². The number of anilines is 2. The Kier molecular flexibility index (Phi) is 4.58. The monoisotopic (exact) mass is 286 g/mol. The van der Waals surface area contributed by atoms with Crippen LogP contribution in [0.1, 0.15) is 35.7 Å². The van der Waals surface area contributed by atoms with Crippen LogP contribution in [-0.4, -0.2) is 13.0 Å². The van der Waals surface area contributed by atoms with Gasteiger partial charge >= 0.3 is 0 Å². The smallest absolute Gasteiger partial charge is 0.257 e. The lowest BCUT2D eigenvalue weighted by molar-refractivity contribution is 0.102. The summed E-state index contributed by atoms with van der Waals surface area (Å²) in [5.41, 5.74) is 2.38. The van der Waals surface area contributed by atoms with Gasteiger partial charge in [0.15, 0.2) is 0 Å². The number of nitrogens with one attached hydrogen (secondary N) is 2. The van der Waals surface area contributed by atoms with Gasteiger partial charge in [-0.05, 0) is 35.7 Å². The van der Waals surface area contributed by atoms with Crippen molar-refractivity contribution in [3.63, 3.8) is 0 Å². The van der Waals surface area contributed by atoms with E-state index >= 15 is 0 Å². The maximum Gasteiger partial charge on any atom is 0.257 e. The van der Waals surface area contributed by atoms with E-state index < -0.39 is 5.82 Å². The van der Waals surface area contributed by atoms with Gasteiger partial charge in [-0.25, -0.2) is 4.39 Å². The van der Waals surface area contributed by atoms with Crippen LogP contribution < -0.4 is 10.6 Å². The van der Waals surface area contributed by atoms with E-state index in [1.54, 1.807) is 13.1 Å². The summed E-state index contributed by atoms with van der Waals surface area (Å²) in [5.74, 6) is -0.342. The molecule has 0 aliphatic carbocycles. The summed E-state index contributed by atoms with van der Waals surface area (Å²) in [6.45, 7) is 4.22. The van der Waals surface area contributed by atoms with Gasteiger partial charge in [-0.1, -0.05) is 32.0 Å². The van der Waals surface area contributed by atoms with Crippen LogP contribution in [0.15, 0.2) is 42.5 Å². The molecule has 0 aromatic heterocycles. The van der Waals surface area contributed by atoms with Crippen LogP contribution >= 0.6 is 0 Å². The molecule has 3 nitrogen and oxygen atoms in total. The Balaban J connectivity index is 2.20. The van der Waals surface area contributed by atoms with Crippen LogP contribution in [0.3, 0.4) is 0 Å². The summed E-state index contributed by atoms with van der Waals surface area (Å²) in [4.78, 5) is 12.2. The van der Waals surface area contributed by atoms with Gasteiger partial charge in [0.1, 0.15) is 5.82 Å². The maximum absolute atomic E-state index is 13.6. The fourth-order valence-electron chi connectivity index (χ4n) is 2.12. The highest BCUT2D eigenvalue weighted by Crippen LogP contribution is 2.22. The average molecular weight is 286 g/mol. The van der Waals surface area contributed by atoms with E-state index in [-0.39, 0.29) is 17.2 Å². The molecule has 1 amide bonds. The van der Waals surface area contributed by atoms with Crippen molar-refractivity contribution in [2.24, 2.45) is 0 Å². The maximum atomic E-state index is 13.6. The molecule has 2 N–H and O–H groups in total. The number of carbonyl (C=O) groups is 1. The van der Waals surface area contributed by atoms with Crippen molar-refractivity contribution >= 4 is 17.3 Å². The van der Waals surface area contributed by atoms with Crippen molar-refractivity contribution in [3.05, 3.63) is 59.4 Å². The van der Waals surface area contributed by atoms with Crippen molar-refractivity contribution in [2.45, 2.75) is 19.8 Å². The molecule has 0 unspecified atom stereocenters. The Labute approximate surface area is 124 Å². The molecule has 21 heavy (non-hydrogen) atoms. The van der Waals surface area contributed by atoms with E-state index in [0.29, 0.717) is 11.6 Å². The molecule has 2 aromatic rings. The van der Waals surface area contributed by atoms with Crippen LogP contribution in [0, 0.1) is 5.82 Å². The molecular weight excluding hydrogens is 267 g/mol. The topological polar surface area (TPSA) is 41.1 Å². The van der Waals surface area contributed by atoms with E-state index in [2.05, 4.69) is 24.5 Å². The molecule has 110 valence electrons. The number of rotatable bonds is 4. The zero-order chi connectivity index (χ0) is 15.4. The first-order valence-electron chi connectivity index (χ1n) is 6.90. The quantitative estimate of drug-likeness (QED) is 0.882. The number of amides is 1. The van der Waals surface area contributed by atoms with Gasteiger partial charge in [0, 0.05) is 12.7 Å². The van der Waals surface area contributed by atoms with Crippen LogP contribution in [0.2, 0.25) is 0 Å². The first-order chi connectivity index (χ1) is 10.0. The van der Waals surface area contributed by atoms with Crippen LogP contribution in [-0.2, 0) is 0 Å². The third kappa shape index (κ3) is 3.40. The molecule has 2 rings (SSSR count). The molecule has 0 heterocycles. The number of hydrogen-bond donors (Lipinski definition) is 2. The summed E-state index contributed by atoms with van der Waals surface area (Å²) in [6.07, 6.45) is 0. The van der Waals surface area contributed by atoms with Crippen molar-refractivity contribution in [3.8, 4) is 0 Å². The van der Waals surface area contributed by atoms with Gasteiger partial charge in [-0.2, -0.15) is 0 Å². The molecule has 4 heteroatoms. The number of benzene rings is 2. The minimum atomic E-state index is -0.444. The number of hydrogen-bond acceptors (Lipinski definition) is 2. The molecule has 2 aromatic carbocycles. The summed E-state index contributed by atoms with van der Waals surface area (Å²) in [6, 6.07) is 12.1. The highest BCUT2D eigenvalue weighted by atomic mass is 19.1. The SMILES string of the molecule is CNc1c(F)cccc1C(=O)Nc1ccc(C(C)C)cc1. The second-order valence-corrected chi connectivity index (χ2v) is 5.14. The Hall–Kier alpha value is -2.36. The number of halogens is 1. The van der Waals surface area contributed by atoms with E-state index in [9.17, 15) is 9.18 Å². The second-order valence-electron chi connectivity index (χ2n) is 5.14. The zero-order valence-electron chi connectivity index (χ0n) is 12.4. The minimum absolute atomic E-state index is 0.203. The highest BCUT2D eigenvalue weighted by Gasteiger charge is 2.14. The lowest BCUT2D eigenvalue weighted by atomic mass is 10.0. The second kappa shape index (κ2) is 6.39. The third-order valence-electron chi connectivity index (χ3n) is 3.34. The lowest BCUT2D eigenvalue weighted by Crippen LogP contribution is -2.14. The summed E-state index contributed by atoms with van der Waals surface area (Å²) >= 11 is 0. The fourth-order valence-corrected chi connectivity index (χ4v) is 2.12. The van der Waals surface area contributed by atoms with Gasteiger partial charge in [-0.15, -0.1) is 0 Å². The van der Waals surface area contributed by atoms with Crippen molar-refractivity contribution in [2.75, 3.05) is 17.7 Å². The number of carbonyl (C=O) groups excluding carboxylic acids is 1. The first-order valence-corrected chi connectivity index (χ1v) is 6.90. The largest absolute Gasteiger partial charge is 0.385 e. The van der Waals surface area contributed by atoms with E-state index in [4.69, 9.17) is 0 Å². The Morgan fingerprint density at radius 3 is 2.33 bits per heavy atom. The third-order valence-corrected chi connectivity index (χ3v) is 3.34. The molecular formula is C17H19FN2O. The minimum Gasteiger partial charge on any atom is -0.385 e. The predicted molar refractivity (Wildman–Crippen MR) is 84.4 cm³/mol. The van der Waals surface area contributed by atoms with Gasteiger partial charge in [0.2, 0.25) is 0 Å². The first kappa shape index (κ1) is 15.0. The van der Waals surface area contributed by atoms with Gasteiger partial charge in [0.25, 0.3) is 5.91 Å². The molecule has 0 atom stereocenters. The van der Waals surface area contributed by atoms with E-state index in [1.807, 2.05) is 24.3 Å². The predicted octanol–water partition coefficient (Wildman–Crippen LogP) is 4.24. The van der Waals surface area contributed by atoms with Crippen LogP contribution in [0.4, 0.5) is 15.8 Å². The van der Waals surface area contributed by atoms with Gasteiger partial charge in [-0.3, -0.25) is 4.79 Å². The summed E-state index contributed by atoms with van der Waals surface area (Å²) in [7, 11) is 1.59. The summed E-state index contributed by atoms with van der Waals surface area (Å²) in [5, 5.41) is 5.50. The number of para-hydroxylation sites is 1. The lowest BCUT2D eigenvalue weighted by Gasteiger charge is -2.11. The fraction of sp³-hybridized carbons (Fsp3) is 0.235. The molecule has 0 radical (unpaired) electrons. The Morgan fingerprint density at radius 1 is 1.10 bits per heavy atom. The molecule has 0 fully saturated rings. The highest BCUT2D eigenvalue weighted by molar-refractivity contribution is 6.08. The molecule has 0 aliphatic heterocycles. The van der Waals surface area contributed by atoms with Crippen molar-refractivity contribution in [1.29, 1.82) is 0 Å². The van der Waals surface area contributed by atoms with Gasteiger partial charge in [0.05, 0.1) is 11.3 Å². The molecule has 0 aliphatic rings. The average Bonchev–Trinajstić information content (AvgIpc) is 2.47. The standard InChI is InChI=1S/C17H19FN2O/c1-11(2)12-7-9-13(10-8-12)20-17(21)14-5-4-6-15(18)16(14)19-3/h4-11,19H,1-3H3,(H,20,21). The molecule has 0 bridgehead atoms. The van der Waals surface area contributed by atoms with Gasteiger partial charge < -0.3 is 10.6 Å². The van der Waals surface area contributed by atoms with E-state index in [1.165, 1.54) is 17.7 Å². The molecule has 0 saturated carbocycles. The summed E-state index contributed by atoms with van der Waals surface area (Å²) < 4.78 is 13.6.